The third-order valence-corrected chi connectivity index (χ3v) is 19.8. The van der Waals surface area contributed by atoms with E-state index in [1.54, 1.807) is 83.4 Å². The third kappa shape index (κ3) is 17.9. The fourth-order valence-electron chi connectivity index (χ4n) is 11.1. The summed E-state index contributed by atoms with van der Waals surface area (Å²) < 4.78 is 6.59. The summed E-state index contributed by atoms with van der Waals surface area (Å²) >= 11 is 0. The summed E-state index contributed by atoms with van der Waals surface area (Å²) in [6.07, 6.45) is 15.0. The van der Waals surface area contributed by atoms with Crippen LogP contribution >= 0.6 is 7.26 Å². The highest BCUT2D eigenvalue weighted by molar-refractivity contribution is 7.95. The van der Waals surface area contributed by atoms with Crippen molar-refractivity contribution < 1.29 is 38.4 Å². The molecule has 7 rings (SSSR count). The topological polar surface area (TPSA) is 185 Å². The molecule has 16 heteroatoms. The smallest absolute Gasteiger partial charge is 0.202 e. The third-order valence-electron chi connectivity index (χ3n) is 15.3. The highest BCUT2D eigenvalue weighted by atomic mass is 31.2. The van der Waals surface area contributed by atoms with Crippen LogP contribution in [0.3, 0.4) is 0 Å². The molecular formula is C67H81N7O8P+. The average Bonchev–Trinajstić information content (AvgIpc) is 3.59. The van der Waals surface area contributed by atoms with Crippen LogP contribution < -0.4 is 15.9 Å². The van der Waals surface area contributed by atoms with Crippen LogP contribution in [-0.4, -0.2) is 106 Å². The molecule has 3 aromatic carbocycles. The number of hydrogen-bond acceptors (Lipinski definition) is 11. The lowest BCUT2D eigenvalue weighted by molar-refractivity contribution is -0.121. The van der Waals surface area contributed by atoms with Crippen LogP contribution in [0.2, 0.25) is 0 Å². The van der Waals surface area contributed by atoms with Gasteiger partial charge in [-0.2, -0.15) is 0 Å². The van der Waals surface area contributed by atoms with Gasteiger partial charge < -0.3 is 23.2 Å². The van der Waals surface area contributed by atoms with Crippen molar-refractivity contribution >= 4 is 69.4 Å². The van der Waals surface area contributed by atoms with Gasteiger partial charge in [-0.1, -0.05) is 54.6 Å². The molecule has 0 fully saturated rings. The zero-order valence-electron chi connectivity index (χ0n) is 49.3. The number of carbonyl (C=O) groups excluding carboxylic acids is 8. The Balaban J connectivity index is 0.799. The van der Waals surface area contributed by atoms with Crippen molar-refractivity contribution in [1.82, 2.24) is 33.1 Å². The molecule has 7 aromatic rings. The number of unbranched alkanes of at least 4 members (excludes halogenated alkanes) is 2. The van der Waals surface area contributed by atoms with Crippen molar-refractivity contribution in [2.24, 2.45) is 28.2 Å². The molecule has 0 saturated carbocycles. The minimum atomic E-state index is -1.96. The number of benzene rings is 3. The van der Waals surface area contributed by atoms with E-state index in [2.05, 4.69) is 106 Å². The van der Waals surface area contributed by atoms with Gasteiger partial charge in [0.05, 0.1) is 41.8 Å². The van der Waals surface area contributed by atoms with Gasteiger partial charge in [0, 0.05) is 117 Å². The lowest BCUT2D eigenvalue weighted by atomic mass is 10.0. The van der Waals surface area contributed by atoms with E-state index in [1.165, 1.54) is 15.9 Å². The van der Waals surface area contributed by atoms with Crippen LogP contribution in [0, 0.1) is 0 Å². The normalized spacial score (nSPS) is 11.6. The van der Waals surface area contributed by atoms with Gasteiger partial charge in [-0.15, -0.1) is 0 Å². The number of ketones is 8. The van der Waals surface area contributed by atoms with Gasteiger partial charge in [0.15, 0.2) is 23.2 Å². The second-order valence-electron chi connectivity index (χ2n) is 22.4. The number of Topliss-reactive ketones (excluding diaryl/α,β-unsaturated/α-hetero) is 8. The van der Waals surface area contributed by atoms with Crippen LogP contribution in [0.5, 0.6) is 0 Å². The lowest BCUT2D eigenvalue weighted by Gasteiger charge is -2.27. The first-order chi connectivity index (χ1) is 39.9. The van der Waals surface area contributed by atoms with Crippen molar-refractivity contribution in [3.8, 4) is 0 Å². The fourth-order valence-corrected chi connectivity index (χ4v) is 15.5. The molecule has 15 nitrogen and oxygen atoms in total. The Hall–Kier alpha value is -7.61. The van der Waals surface area contributed by atoms with Crippen LogP contribution in [0.1, 0.15) is 161 Å². The van der Waals surface area contributed by atoms with E-state index in [0.29, 0.717) is 78.8 Å². The first kappa shape index (κ1) is 63.0. The molecule has 4 aromatic heterocycles. The molecule has 4 heterocycles. The molecule has 0 radical (unpaired) electrons. The van der Waals surface area contributed by atoms with E-state index >= 15 is 0 Å². The van der Waals surface area contributed by atoms with Crippen LogP contribution in [0.4, 0.5) is 0 Å². The summed E-state index contributed by atoms with van der Waals surface area (Å²) in [5, 5.41) is 3.98. The van der Waals surface area contributed by atoms with E-state index in [0.717, 1.165) is 38.4 Å². The highest BCUT2D eigenvalue weighted by Crippen LogP contribution is 2.56. The maximum Gasteiger partial charge on any atom is 0.202 e. The first-order valence-electron chi connectivity index (χ1n) is 29.1. The summed E-state index contributed by atoms with van der Waals surface area (Å²) in [5.74, 6) is -0.203. The summed E-state index contributed by atoms with van der Waals surface area (Å²) in [5.41, 5.74) is 3.12. The number of nitrogens with zero attached hydrogens (tertiary/aromatic N) is 7. The SMILES string of the molecule is CN(C)CCCCC(=O)CCCC(=O)c1cc(CC(=O)c2nc(CC(=O)CCCC(=O)c3cc(CC(=O)c4nc(CC(=O)CCCC(=O)CCCC[P+](c5ccccc5)(c5ccccc5)c5ccccc5)cn4C)cn3C)cn2C)cn1C. The number of hydrogen-bond donors (Lipinski definition) is 0. The maximum absolute atomic E-state index is 13.5. The Morgan fingerprint density at radius 1 is 0.398 bits per heavy atom. The predicted molar refractivity (Wildman–Crippen MR) is 327 cm³/mol. The standard InChI is InChI=1S/C67H81N7O8P/c1-70(2)37-18-16-23-53(75)26-21-35-62(79)60-39-49(45-71(60)3)41-65(82)67-69-52(48-74(67)6)44-56(78)28-22-36-63(80)61-40-50(46-72(61)4)42-64(81)66-68-51(47-73(66)5)43-55(77)27-20-25-54(76)24-17-19-38-83(57-29-10-7-11-30-57,58-31-12-8-13-32-58)59-33-14-9-15-34-59/h7-15,29-34,39-40,45-48H,16-28,35-38,41-44H2,1-6H3/q+1. The highest BCUT2D eigenvalue weighted by Gasteiger charge is 2.44. The van der Waals surface area contributed by atoms with Gasteiger partial charge in [-0.3, -0.25) is 38.4 Å². The molecule has 0 aliphatic heterocycles. The number of rotatable bonds is 37. The Bertz CT molecular complexity index is 3270. The molecule has 436 valence electrons. The number of aryl methyl sites for hydroxylation is 4. The van der Waals surface area contributed by atoms with Gasteiger partial charge in [-0.05, 0) is 125 Å². The minimum Gasteiger partial charge on any atom is -0.348 e. The van der Waals surface area contributed by atoms with Crippen molar-refractivity contribution in [2.45, 2.75) is 122 Å². The molecule has 0 unspecified atom stereocenters. The Morgan fingerprint density at radius 2 is 0.759 bits per heavy atom. The number of imidazole rings is 2. The lowest BCUT2D eigenvalue weighted by Crippen LogP contribution is -2.33. The van der Waals surface area contributed by atoms with Crippen LogP contribution in [0.25, 0.3) is 0 Å². The fraction of sp³-hybridized carbons (Fsp3) is 0.403. The molecule has 0 atom stereocenters. The first-order valence-corrected chi connectivity index (χ1v) is 31.1. The van der Waals surface area contributed by atoms with Crippen LogP contribution in [-0.2, 0) is 73.1 Å². The molecule has 83 heavy (non-hydrogen) atoms. The van der Waals surface area contributed by atoms with Gasteiger partial charge in [0.1, 0.15) is 46.3 Å². The summed E-state index contributed by atoms with van der Waals surface area (Å²) in [6, 6.07) is 35.6. The summed E-state index contributed by atoms with van der Waals surface area (Å²) in [6.45, 7) is 0.941. The predicted octanol–water partition coefficient (Wildman–Crippen LogP) is 9.52. The Labute approximate surface area is 489 Å². The maximum atomic E-state index is 13.5. The molecule has 0 amide bonds. The zero-order chi connectivity index (χ0) is 59.5. The van der Waals surface area contributed by atoms with E-state index < -0.39 is 7.26 Å². The van der Waals surface area contributed by atoms with Crippen molar-refractivity contribution in [3.63, 3.8) is 0 Å². The van der Waals surface area contributed by atoms with Crippen LogP contribution in [0.15, 0.2) is 128 Å². The molecule has 0 aliphatic rings. The molecule has 0 aliphatic carbocycles. The van der Waals surface area contributed by atoms with E-state index in [9.17, 15) is 38.4 Å². The van der Waals surface area contributed by atoms with Gasteiger partial charge in [-0.25, -0.2) is 9.97 Å². The van der Waals surface area contributed by atoms with E-state index in [4.69, 9.17) is 0 Å². The van der Waals surface area contributed by atoms with Crippen molar-refractivity contribution in [3.05, 3.63) is 173 Å². The van der Waals surface area contributed by atoms with Gasteiger partial charge in [0.25, 0.3) is 0 Å². The van der Waals surface area contributed by atoms with E-state index in [1.807, 2.05) is 14.1 Å². The molecule has 0 bridgehead atoms. The second kappa shape index (κ2) is 30.6. The molecular weight excluding hydrogens is 1060 g/mol. The van der Waals surface area contributed by atoms with Crippen molar-refractivity contribution in [2.75, 3.05) is 26.8 Å². The molecule has 0 saturated heterocycles. The zero-order valence-corrected chi connectivity index (χ0v) is 50.2. The van der Waals surface area contributed by atoms with Gasteiger partial charge >= 0.3 is 0 Å². The van der Waals surface area contributed by atoms with Gasteiger partial charge in [0.2, 0.25) is 11.6 Å². The number of aromatic nitrogens is 6. The monoisotopic (exact) mass is 1140 g/mol. The Morgan fingerprint density at radius 3 is 1.16 bits per heavy atom. The second-order valence-corrected chi connectivity index (χ2v) is 26.0. The number of carbonyl (C=O) groups is 8. The minimum absolute atomic E-state index is 0.00292. The largest absolute Gasteiger partial charge is 0.348 e. The van der Waals surface area contributed by atoms with Crippen molar-refractivity contribution in [1.29, 1.82) is 0 Å². The summed E-state index contributed by atoms with van der Waals surface area (Å²) in [4.78, 5) is 116. The molecule has 0 spiro atoms. The Kier molecular flexibility index (Phi) is 23.2. The summed E-state index contributed by atoms with van der Waals surface area (Å²) in [7, 11) is 8.95. The quantitative estimate of drug-likeness (QED) is 0.0205. The average molecular weight is 1140 g/mol. The molecule has 0 N–H and O–H groups in total. The van der Waals surface area contributed by atoms with E-state index in [-0.39, 0.29) is 109 Å².